The van der Waals surface area contributed by atoms with Gasteiger partial charge in [-0.05, 0) is 50.9 Å². The highest BCUT2D eigenvalue weighted by molar-refractivity contribution is 5.92. The van der Waals surface area contributed by atoms with E-state index in [1.165, 1.54) is 0 Å². The molecule has 0 atom stereocenters. The lowest BCUT2D eigenvalue weighted by Gasteiger charge is -2.34. The van der Waals surface area contributed by atoms with Crippen molar-refractivity contribution in [1.29, 1.82) is 0 Å². The number of nitrogens with one attached hydrogen (secondary N) is 2. The van der Waals surface area contributed by atoms with Gasteiger partial charge in [-0.15, -0.1) is 0 Å². The summed E-state index contributed by atoms with van der Waals surface area (Å²) in [5, 5.41) is 6.21. The largest absolute Gasteiger partial charge is 0.353 e. The molecule has 3 heterocycles. The van der Waals surface area contributed by atoms with E-state index in [-0.39, 0.29) is 23.8 Å². The first-order chi connectivity index (χ1) is 15.6. The van der Waals surface area contributed by atoms with Crippen LogP contribution in [0.2, 0.25) is 0 Å². The molecule has 0 saturated carbocycles. The van der Waals surface area contributed by atoms with Gasteiger partial charge in [0.05, 0.1) is 13.1 Å². The highest BCUT2D eigenvalue weighted by Crippen LogP contribution is 2.20. The molecule has 2 fully saturated rings. The number of likely N-dealkylation sites (tertiary alicyclic amines) is 2. The molecule has 2 aliphatic rings. The Kier molecular flexibility index (Phi) is 7.55. The molecule has 2 saturated heterocycles. The number of imidazole rings is 1. The molecule has 0 aliphatic carbocycles. The molecule has 8 nitrogen and oxygen atoms in total. The van der Waals surface area contributed by atoms with E-state index in [1.54, 1.807) is 0 Å². The minimum Gasteiger partial charge on any atom is -0.353 e. The number of hydrogen-bond donors (Lipinski definition) is 2. The summed E-state index contributed by atoms with van der Waals surface area (Å²) in [6.45, 7) is 4.75. The van der Waals surface area contributed by atoms with E-state index < -0.39 is 0 Å². The number of anilines is 1. The molecule has 2 N–H and O–H groups in total. The van der Waals surface area contributed by atoms with Gasteiger partial charge >= 0.3 is 0 Å². The molecule has 1 aromatic heterocycles. The lowest BCUT2D eigenvalue weighted by molar-refractivity contribution is -0.127. The van der Waals surface area contributed by atoms with Crippen molar-refractivity contribution in [2.75, 3.05) is 38.0 Å². The van der Waals surface area contributed by atoms with Gasteiger partial charge in [0.1, 0.15) is 5.82 Å². The third-order valence-electron chi connectivity index (χ3n) is 6.60. The second-order valence-electron chi connectivity index (χ2n) is 8.98. The highest BCUT2D eigenvalue weighted by atomic mass is 16.2. The number of aryl methyl sites for hydroxylation is 1. The lowest BCUT2D eigenvalue weighted by Crippen LogP contribution is -2.49. The number of nitrogens with zero attached hydrogens (tertiary/aromatic N) is 4. The Morgan fingerprint density at radius 1 is 1.00 bits per heavy atom. The maximum Gasteiger partial charge on any atom is 0.238 e. The molecule has 2 aliphatic heterocycles. The van der Waals surface area contributed by atoms with Crippen LogP contribution in [0.3, 0.4) is 0 Å². The van der Waals surface area contributed by atoms with Crippen molar-refractivity contribution in [3.8, 4) is 0 Å². The number of rotatable bonds is 7. The molecule has 2 aromatic rings. The van der Waals surface area contributed by atoms with E-state index in [0.29, 0.717) is 6.54 Å². The van der Waals surface area contributed by atoms with Gasteiger partial charge in [0.25, 0.3) is 0 Å². The Morgan fingerprint density at radius 2 is 1.69 bits per heavy atom. The van der Waals surface area contributed by atoms with E-state index in [4.69, 9.17) is 0 Å². The smallest absolute Gasteiger partial charge is 0.238 e. The molecular weight excluding hydrogens is 404 g/mol. The van der Waals surface area contributed by atoms with Crippen LogP contribution in [0, 0.1) is 5.92 Å². The van der Waals surface area contributed by atoms with Gasteiger partial charge < -0.3 is 15.2 Å². The van der Waals surface area contributed by atoms with E-state index in [0.717, 1.165) is 69.9 Å². The Balaban J connectivity index is 1.13. The fourth-order valence-corrected chi connectivity index (χ4v) is 4.58. The summed E-state index contributed by atoms with van der Waals surface area (Å²) in [7, 11) is 2.02. The summed E-state index contributed by atoms with van der Waals surface area (Å²) in [5.74, 6) is 1.37. The van der Waals surface area contributed by atoms with Crippen LogP contribution in [0.15, 0.2) is 42.7 Å². The number of piperidine rings is 2. The number of amides is 2. The molecular formula is C24H34N6O2. The molecule has 0 bridgehead atoms. The van der Waals surface area contributed by atoms with E-state index >= 15 is 0 Å². The molecule has 0 radical (unpaired) electrons. The fourth-order valence-electron chi connectivity index (χ4n) is 4.58. The van der Waals surface area contributed by atoms with Crippen LogP contribution in [-0.4, -0.2) is 69.9 Å². The summed E-state index contributed by atoms with van der Waals surface area (Å²) in [6, 6.07) is 9.75. The predicted octanol–water partition coefficient (Wildman–Crippen LogP) is 1.85. The van der Waals surface area contributed by atoms with Crippen LogP contribution in [0.1, 0.15) is 31.5 Å². The third kappa shape index (κ3) is 6.17. The molecule has 8 heteroatoms. The average molecular weight is 439 g/mol. The maximum absolute atomic E-state index is 12.8. The molecule has 4 rings (SSSR count). The Hall–Kier alpha value is -2.71. The van der Waals surface area contributed by atoms with Crippen molar-refractivity contribution >= 4 is 17.5 Å². The average Bonchev–Trinajstić information content (AvgIpc) is 3.20. The summed E-state index contributed by atoms with van der Waals surface area (Å²) >= 11 is 0. The minimum atomic E-state index is 0.0102. The number of carbonyl (C=O) groups is 2. The maximum atomic E-state index is 12.8. The first-order valence-electron chi connectivity index (χ1n) is 11.6. The molecule has 2 amide bonds. The van der Waals surface area contributed by atoms with Gasteiger partial charge in [-0.25, -0.2) is 4.98 Å². The minimum absolute atomic E-state index is 0.0102. The second-order valence-corrected chi connectivity index (χ2v) is 8.98. The van der Waals surface area contributed by atoms with Gasteiger partial charge in [-0.2, -0.15) is 0 Å². The number of benzene rings is 1. The standard InChI is InChI=1S/C24H34N6O2/c1-28-16-11-25-22(28)17-29-12-7-19(8-13-29)24(32)27-21-9-14-30(15-10-21)18-23(31)26-20-5-3-2-4-6-20/h2-6,11,16,19,21H,7-10,12-15,17-18H2,1H3,(H,26,31)(H,27,32). The number of para-hydroxylation sites is 1. The topological polar surface area (TPSA) is 82.5 Å². The second kappa shape index (κ2) is 10.7. The van der Waals surface area contributed by atoms with Gasteiger partial charge in [0, 0.05) is 50.2 Å². The van der Waals surface area contributed by atoms with Crippen molar-refractivity contribution in [1.82, 2.24) is 24.7 Å². The zero-order chi connectivity index (χ0) is 22.3. The van der Waals surface area contributed by atoms with Gasteiger partial charge in [0.2, 0.25) is 11.8 Å². The normalized spacial score (nSPS) is 19.0. The van der Waals surface area contributed by atoms with E-state index in [1.807, 2.05) is 49.8 Å². The number of hydrogen-bond acceptors (Lipinski definition) is 5. The fraction of sp³-hybridized carbons (Fsp3) is 0.542. The van der Waals surface area contributed by atoms with Crippen molar-refractivity contribution < 1.29 is 9.59 Å². The Labute approximate surface area is 190 Å². The van der Waals surface area contributed by atoms with Crippen LogP contribution in [0.25, 0.3) is 0 Å². The lowest BCUT2D eigenvalue weighted by atomic mass is 9.94. The van der Waals surface area contributed by atoms with Crippen molar-refractivity contribution in [2.45, 2.75) is 38.3 Å². The summed E-state index contributed by atoms with van der Waals surface area (Å²) in [5.41, 5.74) is 0.825. The SMILES string of the molecule is Cn1ccnc1CN1CCC(C(=O)NC2CCN(CC(=O)Nc3ccccc3)CC2)CC1. The van der Waals surface area contributed by atoms with Crippen LogP contribution in [0.4, 0.5) is 5.69 Å². The third-order valence-corrected chi connectivity index (χ3v) is 6.60. The van der Waals surface area contributed by atoms with Crippen molar-refractivity contribution in [2.24, 2.45) is 13.0 Å². The summed E-state index contributed by atoms with van der Waals surface area (Å²) in [6.07, 6.45) is 7.38. The summed E-state index contributed by atoms with van der Waals surface area (Å²) in [4.78, 5) is 34.0. The van der Waals surface area contributed by atoms with E-state index in [2.05, 4.69) is 30.0 Å². The quantitative estimate of drug-likeness (QED) is 0.690. The van der Waals surface area contributed by atoms with Gasteiger partial charge in [-0.3, -0.25) is 19.4 Å². The van der Waals surface area contributed by atoms with Crippen LogP contribution in [-0.2, 0) is 23.2 Å². The first kappa shape index (κ1) is 22.5. The van der Waals surface area contributed by atoms with Crippen LogP contribution >= 0.6 is 0 Å². The van der Waals surface area contributed by atoms with Crippen LogP contribution < -0.4 is 10.6 Å². The Morgan fingerprint density at radius 3 is 2.34 bits per heavy atom. The van der Waals surface area contributed by atoms with Crippen molar-refractivity contribution in [3.63, 3.8) is 0 Å². The number of aromatic nitrogens is 2. The van der Waals surface area contributed by atoms with Gasteiger partial charge in [-0.1, -0.05) is 18.2 Å². The zero-order valence-corrected chi connectivity index (χ0v) is 18.9. The zero-order valence-electron chi connectivity index (χ0n) is 18.9. The van der Waals surface area contributed by atoms with E-state index in [9.17, 15) is 9.59 Å². The Bertz CT molecular complexity index is 883. The van der Waals surface area contributed by atoms with Gasteiger partial charge in [0.15, 0.2) is 0 Å². The molecule has 0 spiro atoms. The monoisotopic (exact) mass is 438 g/mol. The molecule has 32 heavy (non-hydrogen) atoms. The van der Waals surface area contributed by atoms with Crippen molar-refractivity contribution in [3.05, 3.63) is 48.5 Å². The molecule has 1 aromatic carbocycles. The molecule has 0 unspecified atom stereocenters. The predicted molar refractivity (Wildman–Crippen MR) is 124 cm³/mol. The summed E-state index contributed by atoms with van der Waals surface area (Å²) < 4.78 is 2.05. The van der Waals surface area contributed by atoms with Crippen LogP contribution in [0.5, 0.6) is 0 Å². The number of carbonyl (C=O) groups excluding carboxylic acids is 2. The highest BCUT2D eigenvalue weighted by Gasteiger charge is 2.28. The molecule has 172 valence electrons. The first-order valence-corrected chi connectivity index (χ1v) is 11.6.